The fourth-order valence-electron chi connectivity index (χ4n) is 5.87. The van der Waals surface area contributed by atoms with Crippen LogP contribution in [0.25, 0.3) is 11.1 Å². The number of alkyl carbamates (subject to hydrolysis) is 1. The molecule has 3 N–H and O–H groups in total. The van der Waals surface area contributed by atoms with Gasteiger partial charge in [-0.2, -0.15) is 0 Å². The molecule has 1 amide bonds. The number of carbonyl (C=O) groups is 2. The largest absolute Gasteiger partial charge is 0.461 e. The van der Waals surface area contributed by atoms with E-state index in [0.717, 1.165) is 38.5 Å². The molecule has 3 aromatic carbocycles. The maximum Gasteiger partial charge on any atom is 0.407 e. The third-order valence-electron chi connectivity index (χ3n) is 8.00. The summed E-state index contributed by atoms with van der Waals surface area (Å²) >= 11 is 0. The number of hydrogen-bond donors (Lipinski definition) is 3. The highest BCUT2D eigenvalue weighted by Gasteiger charge is 2.46. The molecule has 2 aliphatic rings. The lowest BCUT2D eigenvalue weighted by Gasteiger charge is -2.22. The number of aliphatic hydroxyl groups excluding tert-OH is 1. The summed E-state index contributed by atoms with van der Waals surface area (Å²) in [6.45, 7) is 0.160. The van der Waals surface area contributed by atoms with Crippen LogP contribution in [0.4, 0.5) is 4.79 Å². The first-order valence-electron chi connectivity index (χ1n) is 14.3. The van der Waals surface area contributed by atoms with Crippen LogP contribution in [0.1, 0.15) is 41.7 Å². The number of ether oxygens (including phenoxy) is 3. The number of esters is 1. The van der Waals surface area contributed by atoms with Crippen molar-refractivity contribution in [3.8, 4) is 11.1 Å². The lowest BCUT2D eigenvalue weighted by Crippen LogP contribution is -2.48. The van der Waals surface area contributed by atoms with E-state index in [9.17, 15) is 24.3 Å². The van der Waals surface area contributed by atoms with E-state index in [2.05, 4.69) is 10.3 Å². The van der Waals surface area contributed by atoms with Gasteiger partial charge in [0.05, 0.1) is 12.1 Å². The normalized spacial score (nSPS) is 20.5. The van der Waals surface area contributed by atoms with Gasteiger partial charge in [0.15, 0.2) is 6.23 Å². The monoisotopic (exact) mass is 597 g/mol. The van der Waals surface area contributed by atoms with Crippen molar-refractivity contribution in [2.75, 3.05) is 6.61 Å². The summed E-state index contributed by atoms with van der Waals surface area (Å²) in [6.07, 6.45) is -3.08. The predicted molar refractivity (Wildman–Crippen MR) is 159 cm³/mol. The van der Waals surface area contributed by atoms with E-state index in [1.54, 1.807) is 0 Å². The molecule has 6 rings (SSSR count). The molecule has 11 nitrogen and oxygen atoms in total. The van der Waals surface area contributed by atoms with Crippen LogP contribution in [0, 0.1) is 0 Å². The van der Waals surface area contributed by atoms with E-state index >= 15 is 0 Å². The molecule has 0 unspecified atom stereocenters. The second-order valence-electron chi connectivity index (χ2n) is 10.8. The molecule has 1 saturated heterocycles. The van der Waals surface area contributed by atoms with Gasteiger partial charge in [-0.05, 0) is 34.2 Å². The van der Waals surface area contributed by atoms with E-state index in [-0.39, 0.29) is 32.0 Å². The predicted octanol–water partition coefficient (Wildman–Crippen LogP) is 3.23. The second kappa shape index (κ2) is 12.7. The van der Waals surface area contributed by atoms with Gasteiger partial charge in [0.25, 0.3) is 5.56 Å². The highest BCUT2D eigenvalue weighted by atomic mass is 16.6. The summed E-state index contributed by atoms with van der Waals surface area (Å²) in [4.78, 5) is 51.8. The first-order chi connectivity index (χ1) is 21.4. The van der Waals surface area contributed by atoms with Crippen LogP contribution in [0.5, 0.6) is 0 Å². The van der Waals surface area contributed by atoms with Gasteiger partial charge in [-0.15, -0.1) is 0 Å². The number of carbonyl (C=O) groups excluding carboxylic acids is 2. The van der Waals surface area contributed by atoms with Crippen LogP contribution in [0.3, 0.4) is 0 Å². The molecule has 4 atom stereocenters. The van der Waals surface area contributed by atoms with Crippen molar-refractivity contribution in [2.45, 2.75) is 49.8 Å². The lowest BCUT2D eigenvalue weighted by molar-refractivity contribution is -0.146. The third-order valence-corrected chi connectivity index (χ3v) is 8.00. The molecule has 0 radical (unpaired) electrons. The number of aliphatic hydroxyl groups is 1. The van der Waals surface area contributed by atoms with Gasteiger partial charge in [0.2, 0.25) is 0 Å². The Bertz CT molecular complexity index is 1720. The summed E-state index contributed by atoms with van der Waals surface area (Å²) in [5, 5.41) is 13.9. The molecule has 4 aromatic rings. The summed E-state index contributed by atoms with van der Waals surface area (Å²) in [7, 11) is 0. The van der Waals surface area contributed by atoms with Crippen molar-refractivity contribution in [1.82, 2.24) is 14.9 Å². The molecular formula is C33H31N3O8. The average Bonchev–Trinajstić information content (AvgIpc) is 3.52. The van der Waals surface area contributed by atoms with Crippen LogP contribution >= 0.6 is 0 Å². The van der Waals surface area contributed by atoms with E-state index < -0.39 is 47.8 Å². The summed E-state index contributed by atoms with van der Waals surface area (Å²) in [6, 6.07) is 25.2. The molecule has 226 valence electrons. The number of H-pyrrole nitrogens is 1. The van der Waals surface area contributed by atoms with Gasteiger partial charge in [0, 0.05) is 24.6 Å². The first kappa shape index (κ1) is 29.1. The van der Waals surface area contributed by atoms with Crippen LogP contribution in [0.15, 0.2) is 101 Å². The van der Waals surface area contributed by atoms with Gasteiger partial charge in [-0.25, -0.2) is 9.59 Å². The first-order valence-corrected chi connectivity index (χ1v) is 14.3. The number of aromatic amines is 1. The van der Waals surface area contributed by atoms with Crippen LogP contribution in [-0.4, -0.2) is 51.6 Å². The molecule has 44 heavy (non-hydrogen) atoms. The van der Waals surface area contributed by atoms with Gasteiger partial charge in [-0.3, -0.25) is 19.1 Å². The highest BCUT2D eigenvalue weighted by Crippen LogP contribution is 2.44. The molecule has 1 fully saturated rings. The van der Waals surface area contributed by atoms with Crippen molar-refractivity contribution < 1.29 is 28.9 Å². The Morgan fingerprint density at radius 1 is 0.886 bits per heavy atom. The quantitative estimate of drug-likeness (QED) is 0.249. The van der Waals surface area contributed by atoms with E-state index in [4.69, 9.17) is 14.2 Å². The fourth-order valence-corrected chi connectivity index (χ4v) is 5.87. The lowest BCUT2D eigenvalue weighted by atomic mass is 9.98. The summed E-state index contributed by atoms with van der Waals surface area (Å²) in [5.74, 6) is -0.656. The van der Waals surface area contributed by atoms with Crippen molar-refractivity contribution >= 4 is 12.1 Å². The van der Waals surface area contributed by atoms with Crippen molar-refractivity contribution in [1.29, 1.82) is 0 Å². The zero-order valence-corrected chi connectivity index (χ0v) is 23.6. The Morgan fingerprint density at radius 3 is 2.23 bits per heavy atom. The number of nitrogens with one attached hydrogen (secondary N) is 2. The highest BCUT2D eigenvalue weighted by molar-refractivity contribution is 5.79. The maximum atomic E-state index is 13.1. The van der Waals surface area contributed by atoms with Crippen LogP contribution < -0.4 is 16.6 Å². The minimum absolute atomic E-state index is 0.0584. The SMILES string of the molecule is O=C(CC[C@H]1O[C@@H](n2ccc(=O)[nH]c2=O)[C@H](O)[C@@H]1NC(=O)OCC1c2ccccc2-c2ccccc21)OCc1ccccc1. The fraction of sp³-hybridized carbons (Fsp3) is 0.273. The van der Waals surface area contributed by atoms with Gasteiger partial charge in [-0.1, -0.05) is 78.9 Å². The van der Waals surface area contributed by atoms with Gasteiger partial charge < -0.3 is 24.6 Å². The molecule has 2 heterocycles. The molecular weight excluding hydrogens is 566 g/mol. The minimum Gasteiger partial charge on any atom is -0.461 e. The number of rotatable bonds is 9. The molecule has 0 spiro atoms. The van der Waals surface area contributed by atoms with Gasteiger partial charge >= 0.3 is 17.8 Å². The van der Waals surface area contributed by atoms with Crippen LogP contribution in [0.2, 0.25) is 0 Å². The minimum atomic E-state index is -1.40. The third kappa shape index (κ3) is 6.05. The second-order valence-corrected chi connectivity index (χ2v) is 10.8. The number of amides is 1. The number of hydrogen-bond acceptors (Lipinski definition) is 8. The zero-order chi connectivity index (χ0) is 30.6. The average molecular weight is 598 g/mol. The Labute approximate surface area is 252 Å². The topological polar surface area (TPSA) is 149 Å². The molecule has 11 heteroatoms. The zero-order valence-electron chi connectivity index (χ0n) is 23.6. The molecule has 1 aliphatic carbocycles. The Balaban J connectivity index is 1.14. The molecule has 0 saturated carbocycles. The number of aromatic nitrogens is 2. The van der Waals surface area contributed by atoms with E-state index in [1.165, 1.54) is 6.20 Å². The summed E-state index contributed by atoms with van der Waals surface area (Å²) in [5.41, 5.74) is 3.72. The molecule has 1 aromatic heterocycles. The van der Waals surface area contributed by atoms with Crippen molar-refractivity contribution in [3.05, 3.63) is 129 Å². The number of benzene rings is 3. The standard InChI is InChI=1S/C33H31N3O8/c37-27-16-17-36(32(40)34-27)31-30(39)29(26(44-31)14-15-28(38)42-18-20-8-2-1-3-9-20)35-33(41)43-19-25-23-12-6-4-10-21(23)22-11-5-7-13-24(22)25/h1-13,16-17,25-26,29-31,39H,14-15,18-19H2,(H,35,41)(H,34,37,40)/t26-,29-,30-,31-/m1/s1. The van der Waals surface area contributed by atoms with Crippen molar-refractivity contribution in [2.24, 2.45) is 0 Å². The number of nitrogens with zero attached hydrogens (tertiary/aromatic N) is 1. The Hall–Kier alpha value is -5.00. The van der Waals surface area contributed by atoms with Crippen LogP contribution in [-0.2, 0) is 25.6 Å². The number of fused-ring (bicyclic) bond motifs is 3. The Morgan fingerprint density at radius 2 is 1.55 bits per heavy atom. The van der Waals surface area contributed by atoms with E-state index in [1.807, 2.05) is 78.9 Å². The smallest absolute Gasteiger partial charge is 0.407 e. The molecule has 0 bridgehead atoms. The van der Waals surface area contributed by atoms with Gasteiger partial charge in [0.1, 0.15) is 19.3 Å². The van der Waals surface area contributed by atoms with E-state index in [0.29, 0.717) is 0 Å². The van der Waals surface area contributed by atoms with Crippen molar-refractivity contribution in [3.63, 3.8) is 0 Å². The molecule has 1 aliphatic heterocycles. The summed E-state index contributed by atoms with van der Waals surface area (Å²) < 4.78 is 18.1. The maximum absolute atomic E-state index is 13.1. The Kier molecular flexibility index (Phi) is 8.40.